The maximum absolute atomic E-state index is 14.0. The number of imidazole rings is 1. The van der Waals surface area contributed by atoms with Gasteiger partial charge in [0.15, 0.2) is 17.0 Å². The minimum Gasteiger partial charge on any atom is -0.368 e. The summed E-state index contributed by atoms with van der Waals surface area (Å²) in [6, 6.07) is 3.50. The van der Waals surface area contributed by atoms with Gasteiger partial charge in [-0.25, -0.2) is 18.7 Å². The van der Waals surface area contributed by atoms with Crippen molar-refractivity contribution in [2.24, 2.45) is 18.9 Å². The Morgan fingerprint density at radius 2 is 1.94 bits per heavy atom. The normalized spacial score (nSPS) is 22.3. The SMILES string of the molecule is Cn1cnc2ncn(Cc3nc([C@H]4[C@@H]5CN(c6cc(F)ccc6F)C[C@@H]54)no3)c(=O)c21. The zero-order chi connectivity index (χ0) is 21.3. The van der Waals surface area contributed by atoms with Crippen LogP contribution < -0.4 is 10.5 Å². The molecule has 0 unspecified atom stereocenters. The Morgan fingerprint density at radius 3 is 2.74 bits per heavy atom. The molecule has 1 saturated heterocycles. The summed E-state index contributed by atoms with van der Waals surface area (Å²) in [5, 5.41) is 4.09. The van der Waals surface area contributed by atoms with E-state index >= 15 is 0 Å². The van der Waals surface area contributed by atoms with Crippen LogP contribution in [0.2, 0.25) is 0 Å². The summed E-state index contributed by atoms with van der Waals surface area (Å²) in [5.41, 5.74) is 0.849. The van der Waals surface area contributed by atoms with Crippen molar-refractivity contribution >= 4 is 16.9 Å². The van der Waals surface area contributed by atoms with Gasteiger partial charge in [0.2, 0.25) is 5.89 Å². The van der Waals surface area contributed by atoms with Gasteiger partial charge in [-0.05, 0) is 24.0 Å². The molecule has 31 heavy (non-hydrogen) atoms. The van der Waals surface area contributed by atoms with Crippen molar-refractivity contribution in [2.45, 2.75) is 12.5 Å². The molecule has 3 atom stereocenters. The van der Waals surface area contributed by atoms with E-state index in [4.69, 9.17) is 4.52 Å². The van der Waals surface area contributed by atoms with Crippen molar-refractivity contribution in [1.29, 1.82) is 0 Å². The Hall–Kier alpha value is -3.63. The number of hydrogen-bond donors (Lipinski definition) is 0. The molecule has 0 radical (unpaired) electrons. The molecule has 4 aromatic rings. The number of halogens is 2. The lowest BCUT2D eigenvalue weighted by atomic mass is 10.2. The highest BCUT2D eigenvalue weighted by Crippen LogP contribution is 2.58. The Balaban J connectivity index is 1.17. The number of fused-ring (bicyclic) bond motifs is 2. The third-order valence-electron chi connectivity index (χ3n) is 6.23. The van der Waals surface area contributed by atoms with Gasteiger partial charge in [-0.3, -0.25) is 9.36 Å². The predicted molar refractivity (Wildman–Crippen MR) is 104 cm³/mol. The molecule has 2 fully saturated rings. The fraction of sp³-hybridized carbons (Fsp3) is 0.350. The van der Waals surface area contributed by atoms with Gasteiger partial charge in [-0.2, -0.15) is 4.98 Å². The minimum absolute atomic E-state index is 0.114. The zero-order valence-electron chi connectivity index (χ0n) is 16.4. The minimum atomic E-state index is -0.453. The van der Waals surface area contributed by atoms with E-state index in [0.717, 1.165) is 12.1 Å². The second kappa shape index (κ2) is 6.43. The highest BCUT2D eigenvalue weighted by Gasteiger charge is 2.58. The fourth-order valence-electron chi connectivity index (χ4n) is 4.63. The second-order valence-corrected chi connectivity index (χ2v) is 8.11. The van der Waals surface area contributed by atoms with Crippen molar-refractivity contribution in [3.63, 3.8) is 0 Å². The first-order valence-corrected chi connectivity index (χ1v) is 9.88. The molecule has 3 aromatic heterocycles. The molecule has 0 N–H and O–H groups in total. The number of rotatable bonds is 4. The molecule has 6 rings (SSSR count). The van der Waals surface area contributed by atoms with Crippen molar-refractivity contribution in [3.05, 3.63) is 64.6 Å². The van der Waals surface area contributed by atoms with Gasteiger partial charge in [-0.15, -0.1) is 0 Å². The van der Waals surface area contributed by atoms with Gasteiger partial charge < -0.3 is 14.0 Å². The summed E-state index contributed by atoms with van der Waals surface area (Å²) in [5.74, 6) is 0.688. The zero-order valence-corrected chi connectivity index (χ0v) is 16.4. The number of benzene rings is 1. The van der Waals surface area contributed by atoms with Crippen LogP contribution in [0.25, 0.3) is 11.2 Å². The highest BCUT2D eigenvalue weighted by atomic mass is 19.1. The largest absolute Gasteiger partial charge is 0.368 e. The third-order valence-corrected chi connectivity index (χ3v) is 6.23. The lowest BCUT2D eigenvalue weighted by molar-refractivity contribution is 0.363. The van der Waals surface area contributed by atoms with E-state index in [1.54, 1.807) is 17.9 Å². The van der Waals surface area contributed by atoms with Crippen molar-refractivity contribution in [3.8, 4) is 0 Å². The summed E-state index contributed by atoms with van der Waals surface area (Å²) in [7, 11) is 1.73. The molecule has 1 saturated carbocycles. The first-order chi connectivity index (χ1) is 15.0. The summed E-state index contributed by atoms with van der Waals surface area (Å²) in [6.07, 6.45) is 2.96. The van der Waals surface area contributed by atoms with Crippen molar-refractivity contribution in [1.82, 2.24) is 29.2 Å². The average Bonchev–Trinajstić information content (AvgIpc) is 3.18. The molecule has 0 amide bonds. The van der Waals surface area contributed by atoms with Gasteiger partial charge in [0, 0.05) is 32.1 Å². The van der Waals surface area contributed by atoms with Crippen LogP contribution in [0.4, 0.5) is 14.5 Å². The van der Waals surface area contributed by atoms with E-state index in [1.807, 2.05) is 4.90 Å². The molecule has 4 heterocycles. The van der Waals surface area contributed by atoms with Gasteiger partial charge >= 0.3 is 0 Å². The van der Waals surface area contributed by atoms with Crippen molar-refractivity contribution < 1.29 is 13.3 Å². The molecule has 158 valence electrons. The van der Waals surface area contributed by atoms with Gasteiger partial charge in [0.1, 0.15) is 24.5 Å². The lowest BCUT2D eigenvalue weighted by Gasteiger charge is -2.22. The smallest absolute Gasteiger partial charge is 0.280 e. The van der Waals surface area contributed by atoms with Crippen LogP contribution in [0.15, 0.2) is 40.2 Å². The van der Waals surface area contributed by atoms with E-state index < -0.39 is 11.6 Å². The van der Waals surface area contributed by atoms with E-state index in [0.29, 0.717) is 36.0 Å². The fourth-order valence-corrected chi connectivity index (χ4v) is 4.63. The summed E-state index contributed by atoms with van der Waals surface area (Å²) in [6.45, 7) is 1.34. The maximum Gasteiger partial charge on any atom is 0.280 e. The number of aryl methyl sites for hydroxylation is 1. The Bertz CT molecular complexity index is 1370. The lowest BCUT2D eigenvalue weighted by Crippen LogP contribution is -2.25. The van der Waals surface area contributed by atoms with Crippen LogP contribution in [-0.2, 0) is 13.6 Å². The molecule has 9 nitrogen and oxygen atoms in total. The van der Waals surface area contributed by atoms with Crippen LogP contribution in [-0.4, -0.2) is 42.3 Å². The predicted octanol–water partition coefficient (Wildman–Crippen LogP) is 1.69. The van der Waals surface area contributed by atoms with Crippen molar-refractivity contribution in [2.75, 3.05) is 18.0 Å². The molecule has 1 aliphatic heterocycles. The Morgan fingerprint density at radius 1 is 1.16 bits per heavy atom. The highest BCUT2D eigenvalue weighted by molar-refractivity contribution is 5.68. The van der Waals surface area contributed by atoms with Crippen LogP contribution in [0.1, 0.15) is 17.6 Å². The molecular formula is C20H17F2N7O2. The van der Waals surface area contributed by atoms with E-state index in [-0.39, 0.29) is 35.5 Å². The molecule has 2 aliphatic rings. The molecule has 1 aromatic carbocycles. The maximum atomic E-state index is 14.0. The Kier molecular flexibility index (Phi) is 3.77. The standard InChI is InChI=1S/C20H17F2N7O2/c1-27-8-23-19-17(27)20(30)29(9-24-19)7-15-25-18(26-31-15)16-11-5-28(6-12(11)16)14-4-10(21)2-3-13(14)22/h2-4,8-9,11-12,16H,5-7H2,1H3/t11-,12+,16+. The number of hydrogen-bond acceptors (Lipinski definition) is 7. The van der Waals surface area contributed by atoms with Crippen LogP contribution >= 0.6 is 0 Å². The van der Waals surface area contributed by atoms with Gasteiger partial charge in [0.05, 0.1) is 12.0 Å². The van der Waals surface area contributed by atoms with Crippen LogP contribution in [0, 0.1) is 23.5 Å². The molecule has 1 aliphatic carbocycles. The van der Waals surface area contributed by atoms with E-state index in [2.05, 4.69) is 20.1 Å². The van der Waals surface area contributed by atoms with Gasteiger partial charge in [0.25, 0.3) is 5.56 Å². The number of aromatic nitrogens is 6. The number of nitrogens with zero attached hydrogens (tertiary/aromatic N) is 7. The van der Waals surface area contributed by atoms with Crippen LogP contribution in [0.5, 0.6) is 0 Å². The first kappa shape index (κ1) is 18.2. The quantitative estimate of drug-likeness (QED) is 0.491. The average molecular weight is 425 g/mol. The van der Waals surface area contributed by atoms with Crippen LogP contribution in [0.3, 0.4) is 0 Å². The monoisotopic (exact) mass is 425 g/mol. The molecule has 0 spiro atoms. The second-order valence-electron chi connectivity index (χ2n) is 8.11. The molecular weight excluding hydrogens is 408 g/mol. The summed E-state index contributed by atoms with van der Waals surface area (Å²) >= 11 is 0. The Labute approximate surface area is 173 Å². The topological polar surface area (TPSA) is 94.9 Å². The third kappa shape index (κ3) is 2.83. The first-order valence-electron chi connectivity index (χ1n) is 9.88. The van der Waals surface area contributed by atoms with Gasteiger partial charge in [-0.1, -0.05) is 5.16 Å². The number of piperidine rings is 1. The van der Waals surface area contributed by atoms with E-state index in [1.165, 1.54) is 17.0 Å². The molecule has 11 heteroatoms. The van der Waals surface area contributed by atoms with E-state index in [9.17, 15) is 13.6 Å². The summed E-state index contributed by atoms with van der Waals surface area (Å²) in [4.78, 5) is 27.3. The summed E-state index contributed by atoms with van der Waals surface area (Å²) < 4.78 is 35.9. The number of anilines is 1. The molecule has 0 bridgehead atoms.